The molecule has 2 heterocycles. The number of nitrogens with zero attached hydrogens (tertiary/aromatic N) is 2. The van der Waals surface area contributed by atoms with Crippen molar-refractivity contribution >= 4 is 57.2 Å². The van der Waals surface area contributed by atoms with Gasteiger partial charge in [0.1, 0.15) is 0 Å². The zero-order chi connectivity index (χ0) is 63.6. The largest absolute Gasteiger partial charge is 0.310 e. The van der Waals surface area contributed by atoms with Crippen molar-refractivity contribution in [1.29, 1.82) is 0 Å². The molecule has 15 rings (SSSR count). The fourth-order valence-corrected chi connectivity index (χ4v) is 16.0. The maximum atomic E-state index is 2.78. The molecule has 0 amide bonds. The molecular weight excluding hydrogens is 1110 g/mol. The zero-order valence-electron chi connectivity index (χ0n) is 56.1. The molecule has 2 fully saturated rings. The lowest BCUT2D eigenvalue weighted by Gasteiger charge is -2.46. The van der Waals surface area contributed by atoms with Gasteiger partial charge in [-0.25, -0.2) is 0 Å². The van der Waals surface area contributed by atoms with Gasteiger partial charge in [-0.1, -0.05) is 284 Å². The second kappa shape index (κ2) is 22.4. The second-order valence-electron chi connectivity index (χ2n) is 31.4. The van der Waals surface area contributed by atoms with Crippen LogP contribution in [0.5, 0.6) is 0 Å². The van der Waals surface area contributed by atoms with Gasteiger partial charge in [0.05, 0.1) is 11.4 Å². The van der Waals surface area contributed by atoms with E-state index in [9.17, 15) is 0 Å². The smallest absolute Gasteiger partial charge is 0.252 e. The Hall–Kier alpha value is -8.92. The molecule has 11 aromatic rings. The molecule has 456 valence electrons. The Balaban J connectivity index is 1.13. The zero-order valence-corrected chi connectivity index (χ0v) is 56.1. The van der Waals surface area contributed by atoms with Gasteiger partial charge < -0.3 is 9.80 Å². The number of rotatable bonds is 9. The van der Waals surface area contributed by atoms with Crippen LogP contribution in [-0.4, -0.2) is 6.71 Å². The molecule has 3 heteroatoms. The summed E-state index contributed by atoms with van der Waals surface area (Å²) >= 11 is 0. The topological polar surface area (TPSA) is 6.48 Å². The Bertz CT molecular complexity index is 4190. The maximum absolute atomic E-state index is 2.78. The van der Waals surface area contributed by atoms with Gasteiger partial charge in [0.25, 0.3) is 6.71 Å². The number of hydrogen-bond acceptors (Lipinski definition) is 2. The lowest BCUT2D eigenvalue weighted by molar-refractivity contribution is 0.420. The van der Waals surface area contributed by atoms with Crippen LogP contribution in [-0.2, 0) is 21.7 Å². The van der Waals surface area contributed by atoms with E-state index in [2.05, 4.69) is 336 Å². The summed E-state index contributed by atoms with van der Waals surface area (Å²) in [4.78, 5) is 5.56. The summed E-state index contributed by atoms with van der Waals surface area (Å²) in [5.41, 5.74) is 32.5. The van der Waals surface area contributed by atoms with Gasteiger partial charge in [0.2, 0.25) is 0 Å². The third-order valence-corrected chi connectivity index (χ3v) is 21.2. The monoisotopic (exact) mass is 1190 g/mol. The first kappa shape index (κ1) is 59.4. The predicted octanol–water partition coefficient (Wildman–Crippen LogP) is 22.9. The molecule has 92 heavy (non-hydrogen) atoms. The highest BCUT2D eigenvalue weighted by atomic mass is 15.2. The van der Waals surface area contributed by atoms with Gasteiger partial charge in [-0.2, -0.15) is 0 Å². The second-order valence-corrected chi connectivity index (χ2v) is 31.4. The van der Waals surface area contributed by atoms with Crippen molar-refractivity contribution in [2.45, 2.75) is 136 Å². The molecule has 1 unspecified atom stereocenters. The van der Waals surface area contributed by atoms with Gasteiger partial charge in [0, 0.05) is 45.0 Å². The van der Waals surface area contributed by atoms with E-state index < -0.39 is 0 Å². The molecule has 4 aliphatic rings. The van der Waals surface area contributed by atoms with E-state index >= 15 is 0 Å². The van der Waals surface area contributed by atoms with E-state index in [0.717, 1.165) is 5.92 Å². The van der Waals surface area contributed by atoms with Crippen LogP contribution in [0.3, 0.4) is 0 Å². The highest BCUT2D eigenvalue weighted by Crippen LogP contribution is 2.58. The molecule has 0 N–H and O–H groups in total. The highest BCUT2D eigenvalue weighted by molar-refractivity contribution is 7.00. The van der Waals surface area contributed by atoms with E-state index in [0.29, 0.717) is 11.8 Å². The number of anilines is 6. The maximum Gasteiger partial charge on any atom is 0.252 e. The standard InChI is InChI=1S/C89H87BN2/c1-86(2,3)68-41-35-58(36-42-68)64-39-45-79-77(49-64)90-78-50-65(59-37-43-69(44-38-59)87(4,5)6)40-46-80(78)92(85-75(62-29-21-15-22-30-62)55-71(89(10,11)12)56-76(85)63-31-23-16-24-32-63)82-52-67(72-48-57-33-34-66(72)47-57)51-81(83(82)90)91(79)84-73(60-25-17-13-18-26-60)53-70(88(7,8)9)54-74(84)61-27-19-14-20-28-61/h13-32,35-46,49-57,66,72H,33-34,47-48H2,1-12H3/t57-,66+,72?/m0/s1. The summed E-state index contributed by atoms with van der Waals surface area (Å²) in [7, 11) is 0. The third kappa shape index (κ3) is 10.5. The van der Waals surface area contributed by atoms with E-state index in [-0.39, 0.29) is 28.4 Å². The summed E-state index contributed by atoms with van der Waals surface area (Å²) in [6.45, 7) is 28.0. The minimum Gasteiger partial charge on any atom is -0.310 e. The van der Waals surface area contributed by atoms with Crippen LogP contribution in [0, 0.1) is 11.8 Å². The third-order valence-electron chi connectivity index (χ3n) is 21.2. The normalized spacial score (nSPS) is 16.8. The summed E-state index contributed by atoms with van der Waals surface area (Å²) in [5, 5.41) is 0. The molecule has 0 saturated heterocycles. The van der Waals surface area contributed by atoms with Crippen LogP contribution in [0.1, 0.15) is 143 Å². The fraction of sp³-hybridized carbons (Fsp3) is 0.258. The molecule has 0 aromatic heterocycles. The highest BCUT2D eigenvalue weighted by Gasteiger charge is 2.48. The predicted molar refractivity (Wildman–Crippen MR) is 396 cm³/mol. The summed E-state index contributed by atoms with van der Waals surface area (Å²) < 4.78 is 0. The summed E-state index contributed by atoms with van der Waals surface area (Å²) in [5.74, 6) is 1.84. The number of fused-ring (bicyclic) bond motifs is 6. The molecule has 2 aliphatic heterocycles. The molecule has 11 aromatic carbocycles. The van der Waals surface area contributed by atoms with Gasteiger partial charge in [-0.3, -0.25) is 0 Å². The van der Waals surface area contributed by atoms with Gasteiger partial charge in [0.15, 0.2) is 0 Å². The van der Waals surface area contributed by atoms with Crippen molar-refractivity contribution in [2.24, 2.45) is 11.8 Å². The molecular formula is C89H87BN2. The molecule has 3 atom stereocenters. The Kier molecular flexibility index (Phi) is 14.5. The van der Waals surface area contributed by atoms with Crippen molar-refractivity contribution in [2.75, 3.05) is 9.80 Å². The van der Waals surface area contributed by atoms with Gasteiger partial charge >= 0.3 is 0 Å². The number of benzene rings is 11. The van der Waals surface area contributed by atoms with Crippen LogP contribution >= 0.6 is 0 Å². The van der Waals surface area contributed by atoms with Crippen LogP contribution < -0.4 is 26.2 Å². The average molecular weight is 1200 g/mol. The Morgan fingerprint density at radius 3 is 0.946 bits per heavy atom. The van der Waals surface area contributed by atoms with Crippen LogP contribution in [0.25, 0.3) is 66.8 Å². The quantitative estimate of drug-likeness (QED) is 0.133. The van der Waals surface area contributed by atoms with Crippen molar-refractivity contribution in [3.63, 3.8) is 0 Å². The van der Waals surface area contributed by atoms with E-state index in [1.807, 2.05) is 0 Å². The first-order chi connectivity index (χ1) is 44.1. The molecule has 2 nitrogen and oxygen atoms in total. The van der Waals surface area contributed by atoms with Gasteiger partial charge in [-0.05, 0) is 196 Å². The van der Waals surface area contributed by atoms with E-state index in [4.69, 9.17) is 0 Å². The van der Waals surface area contributed by atoms with Crippen molar-refractivity contribution in [3.8, 4) is 66.8 Å². The van der Waals surface area contributed by atoms with Crippen molar-refractivity contribution < 1.29 is 0 Å². The summed E-state index contributed by atoms with van der Waals surface area (Å²) in [6.07, 6.45) is 5.17. The van der Waals surface area contributed by atoms with Crippen molar-refractivity contribution in [3.05, 3.63) is 270 Å². The minimum atomic E-state index is -0.155. The molecule has 0 spiro atoms. The Morgan fingerprint density at radius 1 is 0.304 bits per heavy atom. The fourth-order valence-electron chi connectivity index (χ4n) is 16.0. The molecule has 2 bridgehead atoms. The first-order valence-corrected chi connectivity index (χ1v) is 34.0. The van der Waals surface area contributed by atoms with Crippen LogP contribution in [0.4, 0.5) is 34.1 Å². The number of hydrogen-bond donors (Lipinski definition) is 0. The van der Waals surface area contributed by atoms with Gasteiger partial charge in [-0.15, -0.1) is 0 Å². The first-order valence-electron chi connectivity index (χ1n) is 34.0. The van der Waals surface area contributed by atoms with E-state index in [1.165, 1.54) is 171 Å². The Morgan fingerprint density at radius 2 is 0.641 bits per heavy atom. The molecule has 2 aliphatic carbocycles. The summed E-state index contributed by atoms with van der Waals surface area (Å²) in [6, 6.07) is 94.7. The molecule has 0 radical (unpaired) electrons. The Labute approximate surface area is 549 Å². The van der Waals surface area contributed by atoms with Crippen LogP contribution in [0.2, 0.25) is 0 Å². The molecule has 2 saturated carbocycles. The average Bonchev–Trinajstić information content (AvgIpc) is 0.796. The van der Waals surface area contributed by atoms with Crippen LogP contribution in [0.15, 0.2) is 243 Å². The SMILES string of the molecule is CC(C)(C)c1ccc(-c2ccc3c(c2)B2c4cc(-c5ccc(C(C)(C)C)cc5)ccc4N(c4c(-c5ccccc5)cc(C(C)(C)C)cc4-c4ccccc4)c4cc(C5C[C@H]6CC[C@@H]5C6)cc(c42)N3c2c(-c3ccccc3)cc(C(C)(C)C)cc2-c2ccccc2)cc1. The minimum absolute atomic E-state index is 0.0254. The van der Waals surface area contributed by atoms with Crippen molar-refractivity contribution in [1.82, 2.24) is 0 Å². The lowest BCUT2D eigenvalue weighted by atomic mass is 9.33. The lowest BCUT2D eigenvalue weighted by Crippen LogP contribution is -2.61. The van der Waals surface area contributed by atoms with E-state index in [1.54, 1.807) is 0 Å².